The number of benzene rings is 1. The first-order valence-electron chi connectivity index (χ1n) is 10.6. The second-order valence-electron chi connectivity index (χ2n) is 9.06. The minimum atomic E-state index is -3.70. The maximum Gasteiger partial charge on any atom is 0.241 e. The molecule has 0 aliphatic carbocycles. The fraction of sp³-hybridized carbons (Fsp3) is 0.435. The van der Waals surface area contributed by atoms with E-state index < -0.39 is 15.6 Å². The summed E-state index contributed by atoms with van der Waals surface area (Å²) in [5.41, 5.74) is 4.48. The molecule has 0 aliphatic heterocycles. The van der Waals surface area contributed by atoms with Gasteiger partial charge < -0.3 is 5.32 Å². The van der Waals surface area contributed by atoms with Crippen molar-refractivity contribution in [3.63, 3.8) is 0 Å². The molecule has 0 saturated carbocycles. The van der Waals surface area contributed by atoms with E-state index in [1.165, 1.54) is 0 Å². The van der Waals surface area contributed by atoms with Gasteiger partial charge in [0, 0.05) is 36.0 Å². The molecular weight excluding hydrogens is 426 g/mol. The SMILES string of the molecule is Cc1cc2nc(C)c(CCC(=O)NCc3ccccc3S(=O)(=O)NC(C)(C)C)c(C)n2n1. The summed E-state index contributed by atoms with van der Waals surface area (Å²) in [6.07, 6.45) is 0.793. The monoisotopic (exact) mass is 457 g/mol. The van der Waals surface area contributed by atoms with Crippen LogP contribution in [0.25, 0.3) is 5.65 Å². The summed E-state index contributed by atoms with van der Waals surface area (Å²) in [5, 5.41) is 7.32. The van der Waals surface area contributed by atoms with E-state index in [4.69, 9.17) is 0 Å². The summed E-state index contributed by atoms with van der Waals surface area (Å²) in [5.74, 6) is -0.156. The fourth-order valence-electron chi connectivity index (χ4n) is 3.69. The van der Waals surface area contributed by atoms with Gasteiger partial charge in [0.05, 0.1) is 10.6 Å². The molecule has 1 amide bonds. The highest BCUT2D eigenvalue weighted by Crippen LogP contribution is 2.19. The summed E-state index contributed by atoms with van der Waals surface area (Å²) in [6, 6.07) is 8.63. The van der Waals surface area contributed by atoms with Crippen LogP contribution in [-0.2, 0) is 27.8 Å². The highest BCUT2D eigenvalue weighted by Gasteiger charge is 2.24. The van der Waals surface area contributed by atoms with Gasteiger partial charge in [-0.2, -0.15) is 5.10 Å². The van der Waals surface area contributed by atoms with E-state index in [9.17, 15) is 13.2 Å². The summed E-state index contributed by atoms with van der Waals surface area (Å²) in [4.78, 5) is 17.3. The molecule has 0 atom stereocenters. The van der Waals surface area contributed by atoms with Crippen molar-refractivity contribution in [2.24, 2.45) is 0 Å². The second kappa shape index (κ2) is 8.99. The van der Waals surface area contributed by atoms with Crippen molar-refractivity contribution in [1.29, 1.82) is 0 Å². The zero-order chi connectivity index (χ0) is 23.7. The lowest BCUT2D eigenvalue weighted by Crippen LogP contribution is -2.41. The van der Waals surface area contributed by atoms with Gasteiger partial charge in [-0.05, 0) is 65.2 Å². The zero-order valence-electron chi connectivity index (χ0n) is 19.5. The lowest BCUT2D eigenvalue weighted by molar-refractivity contribution is -0.121. The topological polar surface area (TPSA) is 105 Å². The van der Waals surface area contributed by atoms with Gasteiger partial charge in [-0.15, -0.1) is 0 Å². The van der Waals surface area contributed by atoms with Crippen LogP contribution in [-0.4, -0.2) is 34.5 Å². The highest BCUT2D eigenvalue weighted by molar-refractivity contribution is 7.89. The number of amides is 1. The van der Waals surface area contributed by atoms with Gasteiger partial charge in [-0.1, -0.05) is 18.2 Å². The smallest absolute Gasteiger partial charge is 0.241 e. The summed E-state index contributed by atoms with van der Waals surface area (Å²) in [7, 11) is -3.70. The molecule has 9 heteroatoms. The molecule has 32 heavy (non-hydrogen) atoms. The molecule has 0 unspecified atom stereocenters. The molecule has 0 fully saturated rings. The number of carbonyl (C=O) groups excluding carboxylic acids is 1. The lowest BCUT2D eigenvalue weighted by Gasteiger charge is -2.21. The number of sulfonamides is 1. The first kappa shape index (κ1) is 23.9. The standard InChI is InChI=1S/C23H31N5O3S/c1-15-13-21-25-16(2)19(17(3)28(21)26-15)11-12-22(29)24-14-18-9-7-8-10-20(18)32(30,31)27-23(4,5)6/h7-10,13,27H,11-12,14H2,1-6H3,(H,24,29). The number of nitrogens with one attached hydrogen (secondary N) is 2. The minimum absolute atomic E-state index is 0.133. The van der Waals surface area contributed by atoms with Crippen molar-refractivity contribution in [1.82, 2.24) is 24.6 Å². The van der Waals surface area contributed by atoms with Crippen molar-refractivity contribution in [3.05, 3.63) is 58.5 Å². The number of hydrogen-bond donors (Lipinski definition) is 2. The number of aromatic nitrogens is 3. The normalized spacial score (nSPS) is 12.3. The van der Waals surface area contributed by atoms with Crippen LogP contribution >= 0.6 is 0 Å². The third-order valence-corrected chi connectivity index (χ3v) is 6.93. The van der Waals surface area contributed by atoms with E-state index in [1.54, 1.807) is 49.6 Å². The van der Waals surface area contributed by atoms with Crippen LogP contribution < -0.4 is 10.0 Å². The van der Waals surface area contributed by atoms with E-state index in [1.807, 2.05) is 26.8 Å². The first-order chi connectivity index (χ1) is 14.9. The molecule has 3 rings (SSSR count). The van der Waals surface area contributed by atoms with Crippen LogP contribution in [0.15, 0.2) is 35.2 Å². The van der Waals surface area contributed by atoms with Crippen molar-refractivity contribution in [2.45, 2.75) is 71.4 Å². The molecule has 172 valence electrons. The summed E-state index contributed by atoms with van der Waals surface area (Å²) < 4.78 is 30.0. The number of fused-ring (bicyclic) bond motifs is 1. The van der Waals surface area contributed by atoms with Gasteiger partial charge in [0.2, 0.25) is 15.9 Å². The molecule has 8 nitrogen and oxygen atoms in total. The van der Waals surface area contributed by atoms with E-state index in [0.717, 1.165) is 28.3 Å². The van der Waals surface area contributed by atoms with Gasteiger partial charge in [0.15, 0.2) is 5.65 Å². The molecule has 2 aromatic heterocycles. The van der Waals surface area contributed by atoms with Gasteiger partial charge in [-0.3, -0.25) is 4.79 Å². The molecule has 2 heterocycles. The van der Waals surface area contributed by atoms with Crippen molar-refractivity contribution in [2.75, 3.05) is 0 Å². The van der Waals surface area contributed by atoms with E-state index in [2.05, 4.69) is 20.1 Å². The fourth-order valence-corrected chi connectivity index (χ4v) is 5.35. The Balaban J connectivity index is 1.69. The van der Waals surface area contributed by atoms with Crippen molar-refractivity contribution in [3.8, 4) is 0 Å². The third kappa shape index (κ3) is 5.52. The van der Waals surface area contributed by atoms with Crippen molar-refractivity contribution < 1.29 is 13.2 Å². The number of nitrogens with zero attached hydrogens (tertiary/aromatic N) is 3. The number of rotatable bonds is 7. The van der Waals surface area contributed by atoms with Crippen LogP contribution in [0.4, 0.5) is 0 Å². The summed E-state index contributed by atoms with van der Waals surface area (Å²) in [6.45, 7) is 11.3. The quantitative estimate of drug-likeness (QED) is 0.567. The molecule has 0 saturated heterocycles. The second-order valence-corrected chi connectivity index (χ2v) is 10.7. The van der Waals surface area contributed by atoms with Gasteiger partial charge in [0.25, 0.3) is 0 Å². The number of carbonyl (C=O) groups is 1. The molecule has 3 aromatic rings. The predicted molar refractivity (Wildman–Crippen MR) is 124 cm³/mol. The molecule has 0 radical (unpaired) electrons. The maximum absolute atomic E-state index is 12.8. The van der Waals surface area contributed by atoms with Crippen LogP contribution in [0, 0.1) is 20.8 Å². The molecule has 0 spiro atoms. The lowest BCUT2D eigenvalue weighted by atomic mass is 10.1. The Morgan fingerprint density at radius 3 is 2.50 bits per heavy atom. The van der Waals surface area contributed by atoms with Gasteiger partial charge in [0.1, 0.15) is 0 Å². The summed E-state index contributed by atoms with van der Waals surface area (Å²) >= 11 is 0. The average molecular weight is 458 g/mol. The van der Waals surface area contributed by atoms with Crippen LogP contribution in [0.5, 0.6) is 0 Å². The molecule has 2 N–H and O–H groups in total. The van der Waals surface area contributed by atoms with Crippen LogP contribution in [0.3, 0.4) is 0 Å². The molecule has 1 aromatic carbocycles. The third-order valence-electron chi connectivity index (χ3n) is 5.07. The van der Waals surface area contributed by atoms with Gasteiger partial charge in [-0.25, -0.2) is 22.6 Å². The number of aryl methyl sites for hydroxylation is 3. The Bertz CT molecular complexity index is 1260. The Morgan fingerprint density at radius 1 is 1.12 bits per heavy atom. The average Bonchev–Trinajstić information content (AvgIpc) is 3.05. The van der Waals surface area contributed by atoms with Crippen LogP contribution in [0.2, 0.25) is 0 Å². The number of hydrogen-bond acceptors (Lipinski definition) is 5. The molecule has 0 bridgehead atoms. The minimum Gasteiger partial charge on any atom is -0.352 e. The van der Waals surface area contributed by atoms with Crippen molar-refractivity contribution >= 4 is 21.6 Å². The first-order valence-corrected chi connectivity index (χ1v) is 12.1. The Hall–Kier alpha value is -2.78. The maximum atomic E-state index is 12.8. The van der Waals surface area contributed by atoms with Crippen LogP contribution in [0.1, 0.15) is 55.4 Å². The largest absolute Gasteiger partial charge is 0.352 e. The Labute approximate surface area is 189 Å². The molecular formula is C23H31N5O3S. The van der Waals surface area contributed by atoms with E-state index in [0.29, 0.717) is 12.0 Å². The Morgan fingerprint density at radius 2 is 1.81 bits per heavy atom. The van der Waals surface area contributed by atoms with E-state index in [-0.39, 0.29) is 23.8 Å². The van der Waals surface area contributed by atoms with Gasteiger partial charge >= 0.3 is 0 Å². The highest BCUT2D eigenvalue weighted by atomic mass is 32.2. The zero-order valence-corrected chi connectivity index (χ0v) is 20.3. The predicted octanol–water partition coefficient (Wildman–Crippen LogP) is 2.98. The Kier molecular flexibility index (Phi) is 6.71. The molecule has 0 aliphatic rings. The van der Waals surface area contributed by atoms with E-state index >= 15 is 0 Å².